The van der Waals surface area contributed by atoms with Gasteiger partial charge in [-0.1, -0.05) is 145 Å². The minimum Gasteiger partial charge on any atom is -0.324 e. The van der Waals surface area contributed by atoms with Gasteiger partial charge in [-0.25, -0.2) is 9.03 Å². The maximum Gasteiger partial charge on any atom is 0.396 e. The molecule has 0 aliphatic carbocycles. The van der Waals surface area contributed by atoms with Crippen LogP contribution in [0.5, 0.6) is 0 Å². The van der Waals surface area contributed by atoms with Crippen molar-refractivity contribution in [2.45, 2.75) is 131 Å². The van der Waals surface area contributed by atoms with Gasteiger partial charge in [0.1, 0.15) is 24.0 Å². The van der Waals surface area contributed by atoms with Gasteiger partial charge in [0, 0.05) is 54.8 Å². The molecule has 0 radical (unpaired) electrons. The van der Waals surface area contributed by atoms with E-state index in [9.17, 15) is 22.8 Å². The molecule has 71 heavy (non-hydrogen) atoms. The van der Waals surface area contributed by atoms with Gasteiger partial charge in [0.15, 0.2) is 0 Å². The van der Waals surface area contributed by atoms with Crippen molar-refractivity contribution in [3.63, 3.8) is 0 Å². The average molecular weight is 1400 g/mol. The van der Waals surface area contributed by atoms with Crippen molar-refractivity contribution < 1.29 is 50.0 Å². The molecule has 0 aliphatic rings. The monoisotopic (exact) mass is 1390 g/mol. The third-order valence-electron chi connectivity index (χ3n) is 6.64. The SMILES string of the molecule is C.C.C.C.C.C.C.C.C.C.C.C.CCOP(C)(=O)P(C)(Cl)=NC.CCOP(C)(=O)P(C)(Cl)=NP(=NC)(P(C)(=O)OCC)P(=O)(OCC)OCC.CCOP(C)(=O)P(C)(Cl)=NP(Cl)(Cl)=NC.CN=P(C)(Cl)Cl. The molecule has 0 bridgehead atoms. The standard InChI is InChI=1S/C12H32ClN2O7P5.C5H14Cl3N2O2P3.C5H14ClNO2P2.C2H6Cl2NP.12CH4/c1-9-19-24(7,16)23(6,13)15-26(14-5,25(8,17)20-10-2)27(18,21-11-3)22-12-4;1-5-12-14(4,11)13(3,6)10-15(7,8)9-2;1-5-9-11(4,8)10(3,6)7-2;1-5-6(2,3)4;;;;;;;;;;;;/h9-12H2,1-8H3;5H2,1-4H3;5H2,1-4H3;1-2H3;12*1H4. The molecule has 0 aromatic rings. The highest BCUT2D eigenvalue weighted by molar-refractivity contribution is 8.65. The molecule has 17 nitrogen and oxygen atoms in total. The summed E-state index contributed by atoms with van der Waals surface area (Å²) in [5.74, 6) is -4.63. The fourth-order valence-corrected chi connectivity index (χ4v) is 47.1. The van der Waals surface area contributed by atoms with Crippen LogP contribution in [0, 0.1) is 0 Å². The smallest absolute Gasteiger partial charge is 0.324 e. The Hall–Kier alpha value is 4.32. The van der Waals surface area contributed by atoms with Crippen LogP contribution in [0.15, 0.2) is 28.0 Å². The lowest BCUT2D eigenvalue weighted by Crippen LogP contribution is -2.00. The lowest BCUT2D eigenvalue weighted by Gasteiger charge is -2.34. The Morgan fingerprint density at radius 1 is 0.324 bits per heavy atom. The van der Waals surface area contributed by atoms with E-state index >= 15 is 0 Å². The van der Waals surface area contributed by atoms with E-state index in [4.69, 9.17) is 106 Å². The van der Waals surface area contributed by atoms with Gasteiger partial charge in [0.05, 0.1) is 39.6 Å². The van der Waals surface area contributed by atoms with Crippen LogP contribution < -0.4 is 0 Å². The van der Waals surface area contributed by atoms with Crippen LogP contribution in [0.3, 0.4) is 0 Å². The van der Waals surface area contributed by atoms with Crippen LogP contribution >= 0.6 is 151 Å². The molecule has 0 rings (SSSR count). The molecule has 458 valence electrons. The van der Waals surface area contributed by atoms with Gasteiger partial charge in [-0.15, -0.1) is 0 Å². The van der Waals surface area contributed by atoms with Crippen LogP contribution in [-0.2, 0) is 50.0 Å². The van der Waals surface area contributed by atoms with E-state index < -0.39 is 72.1 Å². The fourth-order valence-electron chi connectivity index (χ4n) is 3.27. The number of hydrogen-bond donors (Lipinski definition) is 0. The summed E-state index contributed by atoms with van der Waals surface area (Å²) in [5, 5.41) is 0. The first-order chi connectivity index (χ1) is 26.3. The van der Waals surface area contributed by atoms with E-state index in [2.05, 4.69) is 28.0 Å². The predicted octanol–water partition coefficient (Wildman–Crippen LogP) is 27.3. The molecule has 0 saturated heterocycles. The largest absolute Gasteiger partial charge is 0.396 e. The first-order valence-electron chi connectivity index (χ1n) is 17.1. The quantitative estimate of drug-likeness (QED) is 0.111. The fraction of sp³-hybridized carbons (Fsp3) is 1.00. The zero-order valence-electron chi connectivity index (χ0n) is 37.0. The maximum atomic E-state index is 13.7. The third kappa shape index (κ3) is 41.0. The van der Waals surface area contributed by atoms with Crippen LogP contribution in [0.1, 0.15) is 131 Å². The lowest BCUT2D eigenvalue weighted by molar-refractivity contribution is 0.235. The predicted molar refractivity (Wildman–Crippen MR) is 357 cm³/mol. The van der Waals surface area contributed by atoms with E-state index in [-0.39, 0.29) is 116 Å². The molecule has 0 aliphatic heterocycles. The average Bonchev–Trinajstić information content (AvgIpc) is 3.07. The second-order valence-electron chi connectivity index (χ2n) is 11.3. The van der Waals surface area contributed by atoms with Gasteiger partial charge in [0.25, 0.3) is 13.6 Å². The highest BCUT2D eigenvalue weighted by Gasteiger charge is 2.57. The molecule has 0 N–H and O–H groups in total. The lowest BCUT2D eigenvalue weighted by atomic mass is 10.9. The van der Waals surface area contributed by atoms with E-state index in [0.717, 1.165) is 0 Å². The summed E-state index contributed by atoms with van der Waals surface area (Å²) >= 11 is 41.2. The van der Waals surface area contributed by atoms with Gasteiger partial charge in [-0.3, -0.25) is 41.8 Å². The summed E-state index contributed by atoms with van der Waals surface area (Å²) in [5.41, 5.74) is 0. The van der Waals surface area contributed by atoms with Gasteiger partial charge in [0.2, 0.25) is 27.1 Å². The number of rotatable bonds is 19. The summed E-state index contributed by atoms with van der Waals surface area (Å²) in [7, 11) is -11.0. The molecule has 0 fully saturated rings. The van der Waals surface area contributed by atoms with Gasteiger partial charge < -0.3 is 27.1 Å². The Kier molecular flexibility index (Phi) is 85.3. The zero-order chi connectivity index (χ0) is 48.2. The highest BCUT2D eigenvalue weighted by atomic mass is 35.9. The van der Waals surface area contributed by atoms with Crippen molar-refractivity contribution >= 4 is 151 Å². The first-order valence-corrected chi connectivity index (χ1v) is 49.0. The summed E-state index contributed by atoms with van der Waals surface area (Å²) in [6, 6.07) is 0. The molecule has 35 heteroatoms. The zero-order valence-corrected chi connectivity index (χ0v) is 52.1. The summed E-state index contributed by atoms with van der Waals surface area (Å²) in [6.07, 6.45) is -8.15. The van der Waals surface area contributed by atoms with Gasteiger partial charge in [-0.2, -0.15) is 0 Å². The van der Waals surface area contributed by atoms with Crippen molar-refractivity contribution in [1.29, 1.82) is 0 Å². The molecular weight excluding hydrogens is 1280 g/mol. The number of nitrogens with zero attached hydrogens (tertiary/aromatic N) is 6. The molecule has 0 heterocycles. The minimum absolute atomic E-state index is 0. The number of hydrogen-bond acceptors (Lipinski definition) is 15. The molecule has 0 spiro atoms. The van der Waals surface area contributed by atoms with E-state index in [1.807, 2.05) is 0 Å². The molecule has 0 aromatic heterocycles. The maximum absolute atomic E-state index is 13.7. The first kappa shape index (κ1) is 118. The van der Waals surface area contributed by atoms with Crippen LogP contribution in [0.4, 0.5) is 0 Å². The number of halogens is 7. The Labute approximate surface area is 476 Å². The molecular formula is C36H114Cl7N6O11P11. The minimum atomic E-state index is -4.14. The second-order valence-corrected chi connectivity index (χ2v) is 69.0. The van der Waals surface area contributed by atoms with Crippen molar-refractivity contribution in [1.82, 2.24) is 0 Å². The van der Waals surface area contributed by atoms with Crippen molar-refractivity contribution in [3.05, 3.63) is 0 Å². The molecule has 0 saturated carbocycles. The Morgan fingerprint density at radius 2 is 0.549 bits per heavy atom. The molecule has 8 unspecified atom stereocenters. The molecule has 0 aromatic carbocycles. The Bertz CT molecular complexity index is 1910. The van der Waals surface area contributed by atoms with Crippen molar-refractivity contribution in [2.24, 2.45) is 28.0 Å². The van der Waals surface area contributed by atoms with Gasteiger partial charge in [-0.05, 0) is 90.7 Å². The van der Waals surface area contributed by atoms with Crippen LogP contribution in [-0.4, -0.2) is 121 Å². The van der Waals surface area contributed by atoms with Crippen molar-refractivity contribution in [3.8, 4) is 0 Å². The highest BCUT2D eigenvalue weighted by Crippen LogP contribution is 3.05. The summed E-state index contributed by atoms with van der Waals surface area (Å²) in [4.78, 5) is 0. The summed E-state index contributed by atoms with van der Waals surface area (Å²) in [6.45, 7) is 19.4. The third-order valence-corrected chi connectivity index (χ3v) is 63.7. The van der Waals surface area contributed by atoms with E-state index in [1.165, 1.54) is 40.8 Å². The van der Waals surface area contributed by atoms with E-state index in [0.29, 0.717) is 13.2 Å². The van der Waals surface area contributed by atoms with Crippen molar-refractivity contribution in [2.75, 3.05) is 121 Å². The van der Waals surface area contributed by atoms with Crippen LogP contribution in [0.25, 0.3) is 0 Å². The van der Waals surface area contributed by atoms with Gasteiger partial charge >= 0.3 is 7.28 Å². The van der Waals surface area contributed by atoms with Crippen LogP contribution in [0.2, 0.25) is 0 Å². The topological polar surface area (TPSA) is 215 Å². The normalized spacial score (nSPS) is 16.7. The molecule has 8 atom stereocenters. The van der Waals surface area contributed by atoms with E-state index in [1.54, 1.807) is 82.3 Å². The second kappa shape index (κ2) is 51.2. The molecule has 0 amide bonds. The Morgan fingerprint density at radius 3 is 0.746 bits per heavy atom. The Balaban J connectivity index is -0.0000000426. The summed E-state index contributed by atoms with van der Waals surface area (Å²) < 4.78 is 120.